The maximum absolute atomic E-state index is 13.2. The number of hydrogen-bond acceptors (Lipinski definition) is 4. The van der Waals surface area contributed by atoms with Gasteiger partial charge >= 0.3 is 0 Å². The van der Waals surface area contributed by atoms with Crippen molar-refractivity contribution in [3.05, 3.63) is 84.9 Å². The molecule has 0 aromatic heterocycles. The molecule has 0 saturated carbocycles. The summed E-state index contributed by atoms with van der Waals surface area (Å²) in [7, 11) is 1.71. The van der Waals surface area contributed by atoms with Crippen molar-refractivity contribution in [2.45, 2.75) is 6.42 Å². The molecule has 3 aromatic carbocycles. The highest BCUT2D eigenvalue weighted by Crippen LogP contribution is 2.29. The van der Waals surface area contributed by atoms with Crippen molar-refractivity contribution >= 4 is 23.0 Å². The normalized spacial score (nSPS) is 14.3. The molecular formula is C26H29N3O2. The van der Waals surface area contributed by atoms with Gasteiger partial charge in [-0.3, -0.25) is 14.6 Å². The number of hydrogen-bond donors (Lipinski definition) is 0. The maximum Gasteiger partial charge on any atom is 0.232 e. The zero-order valence-electron chi connectivity index (χ0n) is 18.0. The first-order valence-corrected chi connectivity index (χ1v) is 10.8. The number of piperazine rings is 1. The van der Waals surface area contributed by atoms with E-state index < -0.39 is 0 Å². The summed E-state index contributed by atoms with van der Waals surface area (Å²) in [6.07, 6.45) is 0.485. The monoisotopic (exact) mass is 415 g/mol. The molecule has 0 aliphatic carbocycles. The molecule has 1 heterocycles. The van der Waals surface area contributed by atoms with Crippen molar-refractivity contribution in [2.75, 3.05) is 49.6 Å². The van der Waals surface area contributed by atoms with Crippen molar-refractivity contribution in [1.82, 2.24) is 4.90 Å². The van der Waals surface area contributed by atoms with Crippen molar-refractivity contribution in [1.29, 1.82) is 0 Å². The van der Waals surface area contributed by atoms with Crippen LogP contribution in [0, 0.1) is 0 Å². The van der Waals surface area contributed by atoms with E-state index in [0.717, 1.165) is 55.5 Å². The second-order valence-electron chi connectivity index (χ2n) is 7.65. The standard InChI is InChI=1S/C26H29N3O2/c1-31-25-15-9-8-14-24(25)28-20-18-27(19-21-28)17-16-26(30)29(22-10-4-2-5-11-22)23-12-6-3-7-13-23/h2-15H,16-21H2,1H3. The lowest BCUT2D eigenvalue weighted by Gasteiger charge is -2.36. The van der Waals surface area contributed by atoms with Gasteiger partial charge in [0, 0.05) is 50.5 Å². The van der Waals surface area contributed by atoms with E-state index in [4.69, 9.17) is 4.74 Å². The van der Waals surface area contributed by atoms with Gasteiger partial charge in [0.25, 0.3) is 0 Å². The highest BCUT2D eigenvalue weighted by Gasteiger charge is 2.22. The Morgan fingerprint density at radius 2 is 1.35 bits per heavy atom. The summed E-state index contributed by atoms with van der Waals surface area (Å²) in [6.45, 7) is 4.48. The lowest BCUT2D eigenvalue weighted by molar-refractivity contribution is -0.118. The van der Waals surface area contributed by atoms with Crippen LogP contribution in [0.25, 0.3) is 0 Å². The average Bonchev–Trinajstić information content (AvgIpc) is 2.84. The molecule has 0 N–H and O–H groups in total. The molecule has 1 aliphatic rings. The number of nitrogens with zero attached hydrogens (tertiary/aromatic N) is 3. The van der Waals surface area contributed by atoms with E-state index in [1.54, 1.807) is 7.11 Å². The molecule has 1 aliphatic heterocycles. The third-order valence-corrected chi connectivity index (χ3v) is 5.72. The first kappa shape index (κ1) is 20.9. The molecule has 1 saturated heterocycles. The fourth-order valence-electron chi connectivity index (χ4n) is 4.06. The summed E-state index contributed by atoms with van der Waals surface area (Å²) in [5.41, 5.74) is 2.94. The molecular weight excluding hydrogens is 386 g/mol. The van der Waals surface area contributed by atoms with Crippen LogP contribution in [-0.2, 0) is 4.79 Å². The fraction of sp³-hybridized carbons (Fsp3) is 0.269. The van der Waals surface area contributed by atoms with E-state index in [0.29, 0.717) is 6.42 Å². The van der Waals surface area contributed by atoms with Gasteiger partial charge in [-0.15, -0.1) is 0 Å². The molecule has 31 heavy (non-hydrogen) atoms. The number of methoxy groups -OCH3 is 1. The molecule has 0 radical (unpaired) electrons. The van der Waals surface area contributed by atoms with E-state index >= 15 is 0 Å². The quantitative estimate of drug-likeness (QED) is 0.566. The van der Waals surface area contributed by atoms with Crippen molar-refractivity contribution in [2.24, 2.45) is 0 Å². The first-order valence-electron chi connectivity index (χ1n) is 10.8. The van der Waals surface area contributed by atoms with Crippen molar-refractivity contribution < 1.29 is 9.53 Å². The minimum atomic E-state index is 0.115. The predicted molar refractivity (Wildman–Crippen MR) is 126 cm³/mol. The molecule has 0 unspecified atom stereocenters. The predicted octanol–water partition coefficient (Wildman–Crippen LogP) is 4.57. The number of benzene rings is 3. The van der Waals surface area contributed by atoms with Crippen LogP contribution in [0.3, 0.4) is 0 Å². The Hall–Kier alpha value is -3.31. The minimum Gasteiger partial charge on any atom is -0.495 e. The van der Waals surface area contributed by atoms with Gasteiger partial charge in [-0.1, -0.05) is 48.5 Å². The highest BCUT2D eigenvalue weighted by molar-refractivity contribution is 6.00. The highest BCUT2D eigenvalue weighted by atomic mass is 16.5. The second kappa shape index (κ2) is 10.1. The van der Waals surface area contributed by atoms with E-state index in [9.17, 15) is 4.79 Å². The Morgan fingerprint density at radius 3 is 1.94 bits per heavy atom. The third kappa shape index (κ3) is 5.06. The number of carbonyl (C=O) groups is 1. The average molecular weight is 416 g/mol. The Bertz CT molecular complexity index is 931. The molecule has 3 aromatic rings. The third-order valence-electron chi connectivity index (χ3n) is 5.72. The molecule has 0 spiro atoms. The molecule has 160 valence electrons. The van der Waals surface area contributed by atoms with Gasteiger partial charge in [0.1, 0.15) is 5.75 Å². The largest absolute Gasteiger partial charge is 0.495 e. The molecule has 0 bridgehead atoms. The number of para-hydroxylation sites is 4. The summed E-state index contributed by atoms with van der Waals surface area (Å²) in [4.78, 5) is 19.8. The molecule has 5 nitrogen and oxygen atoms in total. The molecule has 5 heteroatoms. The van der Waals surface area contributed by atoms with Crippen molar-refractivity contribution in [3.8, 4) is 5.75 Å². The lowest BCUT2D eigenvalue weighted by Crippen LogP contribution is -2.47. The van der Waals surface area contributed by atoms with Gasteiger partial charge in [0.15, 0.2) is 0 Å². The van der Waals surface area contributed by atoms with Crippen LogP contribution in [-0.4, -0.2) is 50.6 Å². The number of ether oxygens (including phenoxy) is 1. The van der Waals surface area contributed by atoms with Gasteiger partial charge in [0.05, 0.1) is 12.8 Å². The molecule has 1 fully saturated rings. The second-order valence-corrected chi connectivity index (χ2v) is 7.65. The smallest absolute Gasteiger partial charge is 0.232 e. The number of anilines is 3. The summed E-state index contributed by atoms with van der Waals surface area (Å²) in [6, 6.07) is 27.9. The van der Waals surface area contributed by atoms with Gasteiger partial charge < -0.3 is 9.64 Å². The number of amides is 1. The first-order chi connectivity index (χ1) is 15.3. The molecule has 4 rings (SSSR count). The van der Waals surface area contributed by atoms with Gasteiger partial charge in [-0.25, -0.2) is 0 Å². The van der Waals surface area contributed by atoms with E-state index in [2.05, 4.69) is 15.9 Å². The summed E-state index contributed by atoms with van der Waals surface area (Å²) in [5, 5.41) is 0. The minimum absolute atomic E-state index is 0.115. The van der Waals surface area contributed by atoms with Gasteiger partial charge in [0.2, 0.25) is 5.91 Å². The Morgan fingerprint density at radius 1 is 0.806 bits per heavy atom. The fourth-order valence-corrected chi connectivity index (χ4v) is 4.06. The molecule has 1 amide bonds. The van der Waals surface area contributed by atoms with Gasteiger partial charge in [-0.05, 0) is 36.4 Å². The summed E-state index contributed by atoms with van der Waals surface area (Å²) < 4.78 is 5.51. The Labute approximate surface area is 184 Å². The summed E-state index contributed by atoms with van der Waals surface area (Å²) >= 11 is 0. The molecule has 0 atom stereocenters. The topological polar surface area (TPSA) is 36.0 Å². The summed E-state index contributed by atoms with van der Waals surface area (Å²) in [5.74, 6) is 1.03. The maximum atomic E-state index is 13.2. The van der Waals surface area contributed by atoms with Crippen LogP contribution in [0.15, 0.2) is 84.9 Å². The van der Waals surface area contributed by atoms with Crippen LogP contribution in [0.5, 0.6) is 5.75 Å². The number of carbonyl (C=O) groups excluding carboxylic acids is 1. The number of rotatable bonds is 7. The SMILES string of the molecule is COc1ccccc1N1CCN(CCC(=O)N(c2ccccc2)c2ccccc2)CC1. The van der Waals surface area contributed by atoms with E-state index in [-0.39, 0.29) is 5.91 Å². The van der Waals surface area contributed by atoms with Crippen LogP contribution in [0.4, 0.5) is 17.1 Å². The zero-order chi connectivity index (χ0) is 21.5. The van der Waals surface area contributed by atoms with E-state index in [1.165, 1.54) is 0 Å². The van der Waals surface area contributed by atoms with Crippen LogP contribution >= 0.6 is 0 Å². The van der Waals surface area contributed by atoms with Crippen LogP contribution in [0.2, 0.25) is 0 Å². The van der Waals surface area contributed by atoms with Crippen LogP contribution < -0.4 is 14.5 Å². The van der Waals surface area contributed by atoms with Crippen molar-refractivity contribution in [3.63, 3.8) is 0 Å². The zero-order valence-corrected chi connectivity index (χ0v) is 18.0. The Kier molecular flexibility index (Phi) is 6.85. The Balaban J connectivity index is 1.37. The van der Waals surface area contributed by atoms with E-state index in [1.807, 2.05) is 83.8 Å². The van der Waals surface area contributed by atoms with Gasteiger partial charge in [-0.2, -0.15) is 0 Å². The van der Waals surface area contributed by atoms with Crippen LogP contribution in [0.1, 0.15) is 6.42 Å². The lowest BCUT2D eigenvalue weighted by atomic mass is 10.2.